The summed E-state index contributed by atoms with van der Waals surface area (Å²) in [6.45, 7) is 7.05. The third-order valence-electron chi connectivity index (χ3n) is 2.51. The van der Waals surface area contributed by atoms with Crippen LogP contribution in [-0.4, -0.2) is 27.8 Å². The molecule has 0 saturated carbocycles. The van der Waals surface area contributed by atoms with E-state index in [0.29, 0.717) is 5.56 Å². The molecule has 1 heterocycles. The van der Waals surface area contributed by atoms with E-state index in [2.05, 4.69) is 10.3 Å². The fourth-order valence-corrected chi connectivity index (χ4v) is 1.74. The Morgan fingerprint density at radius 2 is 2.10 bits per heavy atom. The van der Waals surface area contributed by atoms with Crippen LogP contribution in [0.3, 0.4) is 0 Å². The van der Waals surface area contributed by atoms with Crippen LogP contribution >= 0.6 is 0 Å². The van der Waals surface area contributed by atoms with Crippen LogP contribution in [0.2, 0.25) is 0 Å². The van der Waals surface area contributed by atoms with Gasteiger partial charge in [0.05, 0.1) is 12.5 Å². The summed E-state index contributed by atoms with van der Waals surface area (Å²) in [5, 5.41) is 11.6. The van der Waals surface area contributed by atoms with Crippen LogP contribution in [0, 0.1) is 6.92 Å². The number of amides is 1. The van der Waals surface area contributed by atoms with E-state index in [-0.39, 0.29) is 6.42 Å². The number of alkyl carbamates (subject to hydrolysis) is 1. The molecule has 0 aliphatic carbocycles. The molecular formula is C14H20N2O4. The molecule has 0 spiro atoms. The van der Waals surface area contributed by atoms with Gasteiger partial charge in [0.25, 0.3) is 0 Å². The lowest BCUT2D eigenvalue weighted by molar-refractivity contribution is -0.137. The number of rotatable bonds is 4. The number of nitrogens with zero attached hydrogens (tertiary/aromatic N) is 1. The van der Waals surface area contributed by atoms with Crippen molar-refractivity contribution >= 4 is 12.1 Å². The summed E-state index contributed by atoms with van der Waals surface area (Å²) >= 11 is 0. The normalized spacial score (nSPS) is 12.6. The molecule has 110 valence electrons. The van der Waals surface area contributed by atoms with Crippen molar-refractivity contribution in [3.8, 4) is 0 Å². The number of nitrogens with one attached hydrogen (secondary N) is 1. The lowest BCUT2D eigenvalue weighted by Crippen LogP contribution is -2.36. The summed E-state index contributed by atoms with van der Waals surface area (Å²) in [4.78, 5) is 26.7. The number of aryl methyl sites for hydroxylation is 1. The Bertz CT molecular complexity index is 494. The van der Waals surface area contributed by atoms with Gasteiger partial charge in [0.2, 0.25) is 0 Å². The number of pyridine rings is 1. The summed E-state index contributed by atoms with van der Waals surface area (Å²) < 4.78 is 5.15. The molecule has 1 unspecified atom stereocenters. The Hall–Kier alpha value is -2.11. The number of carbonyl (C=O) groups is 2. The zero-order valence-corrected chi connectivity index (χ0v) is 12.1. The number of hydrogen-bond donors (Lipinski definition) is 2. The molecule has 0 radical (unpaired) electrons. The van der Waals surface area contributed by atoms with Gasteiger partial charge in [-0.1, -0.05) is 0 Å². The predicted octanol–water partition coefficient (Wildman–Crippen LogP) is 2.43. The van der Waals surface area contributed by atoms with Crippen LogP contribution in [0.1, 0.15) is 44.4 Å². The van der Waals surface area contributed by atoms with Crippen molar-refractivity contribution in [1.82, 2.24) is 10.3 Å². The van der Waals surface area contributed by atoms with Crippen LogP contribution in [0.4, 0.5) is 4.79 Å². The van der Waals surface area contributed by atoms with Crippen molar-refractivity contribution in [2.75, 3.05) is 0 Å². The highest BCUT2D eigenvalue weighted by Crippen LogP contribution is 2.20. The van der Waals surface area contributed by atoms with Crippen molar-refractivity contribution in [1.29, 1.82) is 0 Å². The second-order valence-electron chi connectivity index (χ2n) is 5.53. The van der Waals surface area contributed by atoms with Gasteiger partial charge >= 0.3 is 12.1 Å². The molecule has 1 aromatic heterocycles. The first-order valence-electron chi connectivity index (χ1n) is 6.31. The highest BCUT2D eigenvalue weighted by Gasteiger charge is 2.23. The molecule has 0 saturated heterocycles. The van der Waals surface area contributed by atoms with E-state index < -0.39 is 23.7 Å². The van der Waals surface area contributed by atoms with Crippen LogP contribution in [0.25, 0.3) is 0 Å². The van der Waals surface area contributed by atoms with Crippen molar-refractivity contribution in [2.24, 2.45) is 0 Å². The van der Waals surface area contributed by atoms with Crippen LogP contribution in [0.15, 0.2) is 18.5 Å². The molecule has 6 heteroatoms. The fraction of sp³-hybridized carbons (Fsp3) is 0.500. The molecule has 0 aromatic carbocycles. The third kappa shape index (κ3) is 5.26. The first-order chi connectivity index (χ1) is 9.19. The van der Waals surface area contributed by atoms with Gasteiger partial charge in [-0.25, -0.2) is 4.79 Å². The Balaban J connectivity index is 2.88. The quantitative estimate of drug-likeness (QED) is 0.884. The molecule has 0 aliphatic heterocycles. The summed E-state index contributed by atoms with van der Waals surface area (Å²) in [6, 6.07) is 1.05. The highest BCUT2D eigenvalue weighted by atomic mass is 16.6. The summed E-state index contributed by atoms with van der Waals surface area (Å²) in [6.07, 6.45) is 2.33. The van der Waals surface area contributed by atoms with Crippen molar-refractivity contribution in [3.05, 3.63) is 29.6 Å². The monoisotopic (exact) mass is 280 g/mol. The van der Waals surface area contributed by atoms with Gasteiger partial charge in [0, 0.05) is 12.4 Å². The van der Waals surface area contributed by atoms with Gasteiger partial charge in [0.1, 0.15) is 5.60 Å². The minimum absolute atomic E-state index is 0.218. The van der Waals surface area contributed by atoms with Crippen LogP contribution in [0.5, 0.6) is 0 Å². The molecule has 1 atom stereocenters. The van der Waals surface area contributed by atoms with Gasteiger partial charge < -0.3 is 15.2 Å². The number of aromatic nitrogens is 1. The van der Waals surface area contributed by atoms with Gasteiger partial charge in [-0.2, -0.15) is 0 Å². The van der Waals surface area contributed by atoms with E-state index in [1.54, 1.807) is 39.2 Å². The largest absolute Gasteiger partial charge is 0.481 e. The van der Waals surface area contributed by atoms with Gasteiger partial charge in [0.15, 0.2) is 0 Å². The molecular weight excluding hydrogens is 260 g/mol. The van der Waals surface area contributed by atoms with Crippen LogP contribution < -0.4 is 5.32 Å². The number of aliphatic carboxylic acids is 1. The summed E-state index contributed by atoms with van der Waals surface area (Å²) in [7, 11) is 0. The zero-order chi connectivity index (χ0) is 15.3. The summed E-state index contributed by atoms with van der Waals surface area (Å²) in [5.41, 5.74) is 0.897. The smallest absolute Gasteiger partial charge is 0.408 e. The number of carboxylic acid groups (broad SMARTS) is 1. The zero-order valence-electron chi connectivity index (χ0n) is 12.1. The predicted molar refractivity (Wildman–Crippen MR) is 73.3 cm³/mol. The van der Waals surface area contributed by atoms with Gasteiger partial charge in [-0.3, -0.25) is 9.78 Å². The number of ether oxygens (including phenoxy) is 1. The lowest BCUT2D eigenvalue weighted by Gasteiger charge is -2.23. The Kier molecular flexibility index (Phi) is 5.07. The SMILES string of the molecule is Cc1cnccc1C(CC(=O)O)NC(=O)OC(C)(C)C. The first kappa shape index (κ1) is 15.9. The number of carboxylic acids is 1. The average Bonchev–Trinajstić information content (AvgIpc) is 2.25. The molecule has 0 aliphatic rings. The van der Waals surface area contributed by atoms with Gasteiger partial charge in [-0.05, 0) is 44.9 Å². The summed E-state index contributed by atoms with van der Waals surface area (Å²) in [5.74, 6) is -0.998. The van der Waals surface area contributed by atoms with Crippen LogP contribution in [-0.2, 0) is 9.53 Å². The Morgan fingerprint density at radius 1 is 1.45 bits per heavy atom. The lowest BCUT2D eigenvalue weighted by atomic mass is 10.0. The Morgan fingerprint density at radius 3 is 2.60 bits per heavy atom. The highest BCUT2D eigenvalue weighted by molar-refractivity contribution is 5.72. The van der Waals surface area contributed by atoms with Crippen molar-refractivity contribution < 1.29 is 19.4 Å². The maximum Gasteiger partial charge on any atom is 0.408 e. The topological polar surface area (TPSA) is 88.5 Å². The fourth-order valence-electron chi connectivity index (χ4n) is 1.74. The molecule has 20 heavy (non-hydrogen) atoms. The second kappa shape index (κ2) is 6.36. The minimum atomic E-state index is -0.998. The van der Waals surface area contributed by atoms with Gasteiger partial charge in [-0.15, -0.1) is 0 Å². The third-order valence-corrected chi connectivity index (χ3v) is 2.51. The van der Waals surface area contributed by atoms with Crippen molar-refractivity contribution in [2.45, 2.75) is 45.8 Å². The van der Waals surface area contributed by atoms with E-state index in [4.69, 9.17) is 9.84 Å². The minimum Gasteiger partial charge on any atom is -0.481 e. The van der Waals surface area contributed by atoms with E-state index in [0.717, 1.165) is 5.56 Å². The number of carbonyl (C=O) groups excluding carboxylic acids is 1. The maximum atomic E-state index is 11.8. The first-order valence-corrected chi connectivity index (χ1v) is 6.31. The standard InChI is InChI=1S/C14H20N2O4/c1-9-8-15-6-5-10(9)11(7-12(17)18)16-13(19)20-14(2,3)4/h5-6,8,11H,7H2,1-4H3,(H,16,19)(H,17,18). The Labute approximate surface area is 118 Å². The van der Waals surface area contributed by atoms with E-state index in [1.165, 1.54) is 0 Å². The molecule has 1 rings (SSSR count). The number of hydrogen-bond acceptors (Lipinski definition) is 4. The molecule has 1 aromatic rings. The average molecular weight is 280 g/mol. The molecule has 2 N–H and O–H groups in total. The second-order valence-corrected chi connectivity index (χ2v) is 5.53. The van der Waals surface area contributed by atoms with E-state index in [9.17, 15) is 9.59 Å². The van der Waals surface area contributed by atoms with E-state index in [1.807, 2.05) is 6.92 Å². The van der Waals surface area contributed by atoms with Crippen molar-refractivity contribution in [3.63, 3.8) is 0 Å². The molecule has 1 amide bonds. The maximum absolute atomic E-state index is 11.8. The van der Waals surface area contributed by atoms with E-state index >= 15 is 0 Å². The molecule has 0 bridgehead atoms. The molecule has 0 fully saturated rings. The molecule has 6 nitrogen and oxygen atoms in total.